The van der Waals surface area contributed by atoms with E-state index in [0.717, 1.165) is 19.6 Å². The van der Waals surface area contributed by atoms with Crippen LogP contribution >= 0.6 is 0 Å². The predicted molar refractivity (Wildman–Crippen MR) is 84.4 cm³/mol. The van der Waals surface area contributed by atoms with Crippen molar-refractivity contribution < 1.29 is 0 Å². The van der Waals surface area contributed by atoms with Gasteiger partial charge >= 0.3 is 0 Å². The molecule has 1 aromatic carbocycles. The lowest BCUT2D eigenvalue weighted by Gasteiger charge is -2.36. The molecule has 0 heterocycles. The Kier molecular flexibility index (Phi) is 5.57. The number of hydrogen-bond acceptors (Lipinski definition) is 2. The van der Waals surface area contributed by atoms with Crippen LogP contribution in [-0.4, -0.2) is 24.5 Å². The molecule has 0 saturated carbocycles. The molecule has 0 fully saturated rings. The van der Waals surface area contributed by atoms with Crippen molar-refractivity contribution in [1.82, 2.24) is 4.90 Å². The van der Waals surface area contributed by atoms with Gasteiger partial charge in [0.1, 0.15) is 0 Å². The fraction of sp³-hybridized carbons (Fsp3) is 0.647. The highest BCUT2D eigenvalue weighted by atomic mass is 15.2. The van der Waals surface area contributed by atoms with Crippen LogP contribution in [0.25, 0.3) is 0 Å². The van der Waals surface area contributed by atoms with Gasteiger partial charge in [-0.1, -0.05) is 44.5 Å². The zero-order valence-electron chi connectivity index (χ0n) is 13.5. The molecule has 1 rings (SSSR count). The summed E-state index contributed by atoms with van der Waals surface area (Å²) in [6.07, 6.45) is 0. The first-order chi connectivity index (χ1) is 8.80. The lowest BCUT2D eigenvalue weighted by Crippen LogP contribution is -2.40. The molecule has 2 heteroatoms. The minimum Gasteiger partial charge on any atom is -0.330 e. The number of hydrogen-bond donors (Lipinski definition) is 1. The molecule has 0 bridgehead atoms. The lowest BCUT2D eigenvalue weighted by molar-refractivity contribution is 0.147. The summed E-state index contributed by atoms with van der Waals surface area (Å²) < 4.78 is 0. The van der Waals surface area contributed by atoms with Crippen LogP contribution in [0.2, 0.25) is 0 Å². The van der Waals surface area contributed by atoms with Crippen molar-refractivity contribution in [2.45, 2.75) is 47.6 Å². The van der Waals surface area contributed by atoms with E-state index in [-0.39, 0.29) is 5.41 Å². The highest BCUT2D eigenvalue weighted by Crippen LogP contribution is 2.27. The highest BCUT2D eigenvalue weighted by molar-refractivity contribution is 5.32. The maximum Gasteiger partial charge on any atom is 0.0322 e. The Labute approximate surface area is 119 Å². The second-order valence-corrected chi connectivity index (χ2v) is 6.47. The Balaban J connectivity index is 2.95. The molecule has 0 aromatic heterocycles. The molecule has 0 aliphatic carbocycles. The highest BCUT2D eigenvalue weighted by Gasteiger charge is 2.24. The molecule has 0 saturated heterocycles. The molecule has 1 aromatic rings. The van der Waals surface area contributed by atoms with Gasteiger partial charge in [-0.15, -0.1) is 0 Å². The van der Waals surface area contributed by atoms with Gasteiger partial charge in [0.2, 0.25) is 0 Å². The van der Waals surface area contributed by atoms with E-state index in [0.29, 0.717) is 6.04 Å². The van der Waals surface area contributed by atoms with E-state index in [4.69, 9.17) is 5.73 Å². The predicted octanol–water partition coefficient (Wildman–Crippen LogP) is 3.67. The summed E-state index contributed by atoms with van der Waals surface area (Å²) in [5.74, 6) is 0. The molecule has 0 aliphatic heterocycles. The van der Waals surface area contributed by atoms with Gasteiger partial charge in [0, 0.05) is 12.6 Å². The van der Waals surface area contributed by atoms with E-state index in [1.165, 1.54) is 16.7 Å². The number of nitrogens with zero attached hydrogens (tertiary/aromatic N) is 1. The van der Waals surface area contributed by atoms with Crippen LogP contribution in [0.5, 0.6) is 0 Å². The van der Waals surface area contributed by atoms with Crippen LogP contribution in [0, 0.1) is 19.3 Å². The van der Waals surface area contributed by atoms with Crippen molar-refractivity contribution in [1.29, 1.82) is 0 Å². The molecule has 1 atom stereocenters. The first-order valence-electron chi connectivity index (χ1n) is 7.32. The Hall–Kier alpha value is -0.860. The van der Waals surface area contributed by atoms with Gasteiger partial charge in [-0.3, -0.25) is 4.90 Å². The van der Waals surface area contributed by atoms with E-state index >= 15 is 0 Å². The summed E-state index contributed by atoms with van der Waals surface area (Å²) in [5, 5.41) is 0. The number of rotatable bonds is 6. The Bertz CT molecular complexity index is 410. The average Bonchev–Trinajstić information content (AvgIpc) is 2.38. The second kappa shape index (κ2) is 6.53. The van der Waals surface area contributed by atoms with Crippen molar-refractivity contribution in [2.24, 2.45) is 11.1 Å². The van der Waals surface area contributed by atoms with Crippen molar-refractivity contribution >= 4 is 0 Å². The molecule has 1 unspecified atom stereocenters. The van der Waals surface area contributed by atoms with Crippen LogP contribution in [0.15, 0.2) is 18.2 Å². The summed E-state index contributed by atoms with van der Waals surface area (Å²) in [7, 11) is 0. The summed E-state index contributed by atoms with van der Waals surface area (Å²) >= 11 is 0. The van der Waals surface area contributed by atoms with Gasteiger partial charge in [-0.2, -0.15) is 0 Å². The maximum atomic E-state index is 5.88. The van der Waals surface area contributed by atoms with Gasteiger partial charge in [-0.05, 0) is 50.4 Å². The molecule has 108 valence electrons. The van der Waals surface area contributed by atoms with E-state index in [1.54, 1.807) is 0 Å². The molecule has 0 aliphatic rings. The van der Waals surface area contributed by atoms with Crippen LogP contribution in [0.4, 0.5) is 0 Å². The zero-order valence-corrected chi connectivity index (χ0v) is 13.5. The van der Waals surface area contributed by atoms with E-state index in [1.807, 2.05) is 0 Å². The Morgan fingerprint density at radius 3 is 2.42 bits per heavy atom. The minimum atomic E-state index is 0.169. The van der Waals surface area contributed by atoms with Crippen LogP contribution < -0.4 is 5.73 Å². The summed E-state index contributed by atoms with van der Waals surface area (Å²) in [4.78, 5) is 2.52. The van der Waals surface area contributed by atoms with Crippen molar-refractivity contribution in [3.63, 3.8) is 0 Å². The molecule has 2 N–H and O–H groups in total. The molecule has 2 nitrogen and oxygen atoms in total. The fourth-order valence-electron chi connectivity index (χ4n) is 2.54. The van der Waals surface area contributed by atoms with Crippen molar-refractivity contribution in [3.05, 3.63) is 34.9 Å². The Morgan fingerprint density at radius 1 is 1.26 bits per heavy atom. The molecular formula is C17H30N2. The molecular weight excluding hydrogens is 232 g/mol. The maximum absolute atomic E-state index is 5.88. The molecule has 0 spiro atoms. The summed E-state index contributed by atoms with van der Waals surface area (Å²) in [5.41, 5.74) is 10.2. The van der Waals surface area contributed by atoms with Crippen molar-refractivity contribution in [2.75, 3.05) is 19.6 Å². The summed E-state index contributed by atoms with van der Waals surface area (Å²) in [6, 6.07) is 7.17. The van der Waals surface area contributed by atoms with Gasteiger partial charge in [0.05, 0.1) is 0 Å². The molecule has 0 radical (unpaired) electrons. The molecule has 19 heavy (non-hydrogen) atoms. The third-order valence-electron chi connectivity index (χ3n) is 4.02. The quantitative estimate of drug-likeness (QED) is 0.847. The minimum absolute atomic E-state index is 0.169. The van der Waals surface area contributed by atoms with E-state index < -0.39 is 0 Å². The van der Waals surface area contributed by atoms with Gasteiger partial charge in [0.25, 0.3) is 0 Å². The first kappa shape index (κ1) is 16.2. The van der Waals surface area contributed by atoms with Crippen LogP contribution in [-0.2, 0) is 0 Å². The van der Waals surface area contributed by atoms with Gasteiger partial charge < -0.3 is 5.73 Å². The largest absolute Gasteiger partial charge is 0.330 e. The Morgan fingerprint density at radius 2 is 1.89 bits per heavy atom. The first-order valence-corrected chi connectivity index (χ1v) is 7.32. The average molecular weight is 262 g/mol. The number of aryl methyl sites for hydroxylation is 2. The zero-order chi connectivity index (χ0) is 14.6. The normalized spacial score (nSPS) is 13.9. The summed E-state index contributed by atoms with van der Waals surface area (Å²) in [6.45, 7) is 16.2. The van der Waals surface area contributed by atoms with E-state index in [9.17, 15) is 0 Å². The third kappa shape index (κ3) is 4.32. The van der Waals surface area contributed by atoms with Crippen LogP contribution in [0.1, 0.15) is 50.4 Å². The van der Waals surface area contributed by atoms with Crippen LogP contribution in [0.3, 0.4) is 0 Å². The molecule has 0 amide bonds. The fourth-order valence-corrected chi connectivity index (χ4v) is 2.54. The SMILES string of the molecule is CCN(CC(C)(C)CN)C(C)c1cc(C)ccc1C. The van der Waals surface area contributed by atoms with E-state index in [2.05, 4.69) is 64.6 Å². The smallest absolute Gasteiger partial charge is 0.0322 e. The topological polar surface area (TPSA) is 29.3 Å². The van der Waals surface area contributed by atoms with Gasteiger partial charge in [0.15, 0.2) is 0 Å². The number of nitrogens with two attached hydrogens (primary N) is 1. The third-order valence-corrected chi connectivity index (χ3v) is 4.02. The number of benzene rings is 1. The lowest BCUT2D eigenvalue weighted by atomic mass is 9.91. The standard InChI is InChI=1S/C17H30N2/c1-7-19(12-17(5,6)11-18)15(4)16-10-13(2)8-9-14(16)3/h8-10,15H,7,11-12,18H2,1-6H3. The second-order valence-electron chi connectivity index (χ2n) is 6.47. The monoisotopic (exact) mass is 262 g/mol. The van der Waals surface area contributed by atoms with Crippen molar-refractivity contribution in [3.8, 4) is 0 Å². The van der Waals surface area contributed by atoms with Gasteiger partial charge in [-0.25, -0.2) is 0 Å².